The fourth-order valence-corrected chi connectivity index (χ4v) is 2.23. The van der Waals surface area contributed by atoms with E-state index in [1.807, 2.05) is 0 Å². The summed E-state index contributed by atoms with van der Waals surface area (Å²) in [6.45, 7) is 1.30. The maximum absolute atomic E-state index is 11.5. The molecule has 5 nitrogen and oxygen atoms in total. The quantitative estimate of drug-likeness (QED) is 0.522. The molecule has 0 bridgehead atoms. The van der Waals surface area contributed by atoms with Crippen molar-refractivity contribution in [2.75, 3.05) is 31.2 Å². The minimum atomic E-state index is -0.199. The van der Waals surface area contributed by atoms with Crippen molar-refractivity contribution < 1.29 is 14.7 Å². The molecule has 1 unspecified atom stereocenters. The maximum atomic E-state index is 11.5. The van der Waals surface area contributed by atoms with Crippen LogP contribution < -0.4 is 10.6 Å². The van der Waals surface area contributed by atoms with E-state index in [-0.39, 0.29) is 24.3 Å². The van der Waals surface area contributed by atoms with Crippen LogP contribution in [0.25, 0.3) is 0 Å². The third-order valence-corrected chi connectivity index (χ3v) is 3.41. The van der Waals surface area contributed by atoms with Crippen LogP contribution in [0, 0.1) is 5.92 Å². The highest BCUT2D eigenvalue weighted by molar-refractivity contribution is 7.99. The van der Waals surface area contributed by atoms with E-state index < -0.39 is 0 Å². The zero-order valence-electron chi connectivity index (χ0n) is 9.20. The Hall–Kier alpha value is -0.750. The highest BCUT2D eigenvalue weighted by atomic mass is 32.2. The summed E-state index contributed by atoms with van der Waals surface area (Å²) < 4.78 is 0. The van der Waals surface area contributed by atoms with Gasteiger partial charge in [0.15, 0.2) is 0 Å². The fourth-order valence-electron chi connectivity index (χ4n) is 1.45. The van der Waals surface area contributed by atoms with Gasteiger partial charge in [-0.2, -0.15) is 11.8 Å². The van der Waals surface area contributed by atoms with Crippen LogP contribution in [0.3, 0.4) is 0 Å². The van der Waals surface area contributed by atoms with Crippen LogP contribution in [0.4, 0.5) is 0 Å². The Morgan fingerprint density at radius 3 is 3.00 bits per heavy atom. The average Bonchev–Trinajstić information content (AvgIpc) is 2.70. The smallest absolute Gasteiger partial charge is 0.225 e. The van der Waals surface area contributed by atoms with Crippen LogP contribution in [-0.2, 0) is 9.59 Å². The molecule has 2 amide bonds. The van der Waals surface area contributed by atoms with Gasteiger partial charge >= 0.3 is 0 Å². The van der Waals surface area contributed by atoms with E-state index in [0.717, 1.165) is 17.9 Å². The fraction of sp³-hybridized carbons (Fsp3) is 0.800. The van der Waals surface area contributed by atoms with Crippen molar-refractivity contribution in [3.8, 4) is 0 Å². The van der Waals surface area contributed by atoms with E-state index in [9.17, 15) is 9.59 Å². The third-order valence-electron chi connectivity index (χ3n) is 2.34. The van der Waals surface area contributed by atoms with Crippen LogP contribution in [0.1, 0.15) is 12.8 Å². The summed E-state index contributed by atoms with van der Waals surface area (Å²) in [6, 6.07) is 0. The van der Waals surface area contributed by atoms with Gasteiger partial charge in [0.1, 0.15) is 0 Å². The Bertz CT molecular complexity index is 248. The summed E-state index contributed by atoms with van der Waals surface area (Å²) in [7, 11) is 0. The van der Waals surface area contributed by atoms with Crippen molar-refractivity contribution in [3.63, 3.8) is 0 Å². The summed E-state index contributed by atoms with van der Waals surface area (Å²) in [6.07, 6.45) is 1.10. The van der Waals surface area contributed by atoms with Gasteiger partial charge in [0, 0.05) is 31.9 Å². The highest BCUT2D eigenvalue weighted by Crippen LogP contribution is 2.08. The Balaban J connectivity index is 2.00. The molecule has 16 heavy (non-hydrogen) atoms. The Morgan fingerprint density at radius 2 is 2.38 bits per heavy atom. The molecule has 1 saturated heterocycles. The highest BCUT2D eigenvalue weighted by Gasteiger charge is 2.27. The average molecular weight is 246 g/mol. The van der Waals surface area contributed by atoms with Crippen LogP contribution in [-0.4, -0.2) is 48.1 Å². The van der Waals surface area contributed by atoms with E-state index in [1.54, 1.807) is 11.8 Å². The first-order valence-electron chi connectivity index (χ1n) is 5.47. The second-order valence-corrected chi connectivity index (χ2v) is 4.91. The van der Waals surface area contributed by atoms with Crippen LogP contribution in [0.2, 0.25) is 0 Å². The Kier molecular flexibility index (Phi) is 6.25. The largest absolute Gasteiger partial charge is 0.396 e. The zero-order chi connectivity index (χ0) is 11.8. The van der Waals surface area contributed by atoms with E-state index in [1.165, 1.54) is 0 Å². The van der Waals surface area contributed by atoms with Crippen molar-refractivity contribution in [2.24, 2.45) is 5.92 Å². The predicted octanol–water partition coefficient (Wildman–Crippen LogP) is -0.646. The van der Waals surface area contributed by atoms with Gasteiger partial charge in [-0.15, -0.1) is 0 Å². The van der Waals surface area contributed by atoms with Gasteiger partial charge in [-0.25, -0.2) is 0 Å². The van der Waals surface area contributed by atoms with Gasteiger partial charge in [0.2, 0.25) is 11.8 Å². The number of carbonyl (C=O) groups excluding carboxylic acids is 2. The number of amides is 2. The van der Waals surface area contributed by atoms with E-state index in [2.05, 4.69) is 10.6 Å². The molecule has 6 heteroatoms. The summed E-state index contributed by atoms with van der Waals surface area (Å²) in [5.74, 6) is 1.48. The molecule has 0 saturated carbocycles. The molecule has 1 fully saturated rings. The zero-order valence-corrected chi connectivity index (χ0v) is 10.0. The lowest BCUT2D eigenvalue weighted by atomic mass is 10.1. The van der Waals surface area contributed by atoms with E-state index in [0.29, 0.717) is 19.5 Å². The molecular weight excluding hydrogens is 228 g/mol. The standard InChI is InChI=1S/C10H18N2O3S/c13-3-1-4-16-5-2-11-10(15)8-6-9(14)12-7-8/h8,13H,1-7H2,(H,11,15)(H,12,14). The Labute approximate surface area is 99.4 Å². The molecule has 0 spiro atoms. The molecule has 1 aliphatic rings. The van der Waals surface area contributed by atoms with Gasteiger partial charge in [-0.05, 0) is 12.2 Å². The maximum Gasteiger partial charge on any atom is 0.225 e. The summed E-state index contributed by atoms with van der Waals surface area (Å²) in [4.78, 5) is 22.4. The number of thioether (sulfide) groups is 1. The SMILES string of the molecule is O=C1CC(C(=O)NCCSCCCO)CN1. The lowest BCUT2D eigenvalue weighted by molar-refractivity contribution is -0.126. The third kappa shape index (κ3) is 4.85. The van der Waals surface area contributed by atoms with Gasteiger partial charge < -0.3 is 15.7 Å². The number of hydrogen-bond donors (Lipinski definition) is 3. The van der Waals surface area contributed by atoms with Crippen LogP contribution in [0.5, 0.6) is 0 Å². The number of nitrogens with one attached hydrogen (secondary N) is 2. The molecule has 1 rings (SSSR count). The van der Waals surface area contributed by atoms with Gasteiger partial charge in [0.25, 0.3) is 0 Å². The van der Waals surface area contributed by atoms with Gasteiger partial charge in [-0.3, -0.25) is 9.59 Å². The molecule has 0 aromatic carbocycles. The van der Waals surface area contributed by atoms with Gasteiger partial charge in [0.05, 0.1) is 5.92 Å². The lowest BCUT2D eigenvalue weighted by Gasteiger charge is -2.08. The van der Waals surface area contributed by atoms with Crippen molar-refractivity contribution in [2.45, 2.75) is 12.8 Å². The van der Waals surface area contributed by atoms with Crippen molar-refractivity contribution in [1.82, 2.24) is 10.6 Å². The monoisotopic (exact) mass is 246 g/mol. The Morgan fingerprint density at radius 1 is 1.56 bits per heavy atom. The molecular formula is C10H18N2O3S. The molecule has 0 radical (unpaired) electrons. The normalized spacial score (nSPS) is 19.6. The molecule has 1 heterocycles. The van der Waals surface area contributed by atoms with Crippen LogP contribution >= 0.6 is 11.8 Å². The first kappa shape index (κ1) is 13.3. The van der Waals surface area contributed by atoms with E-state index >= 15 is 0 Å². The van der Waals surface area contributed by atoms with Crippen molar-refractivity contribution in [3.05, 3.63) is 0 Å². The number of rotatable bonds is 7. The molecule has 0 aromatic rings. The summed E-state index contributed by atoms with van der Waals surface area (Å²) >= 11 is 1.71. The van der Waals surface area contributed by atoms with Crippen LogP contribution in [0.15, 0.2) is 0 Å². The first-order chi connectivity index (χ1) is 7.74. The number of hydrogen-bond acceptors (Lipinski definition) is 4. The van der Waals surface area contributed by atoms with Gasteiger partial charge in [-0.1, -0.05) is 0 Å². The summed E-state index contributed by atoms with van der Waals surface area (Å²) in [5.41, 5.74) is 0. The lowest BCUT2D eigenvalue weighted by Crippen LogP contribution is -2.33. The molecule has 0 aliphatic carbocycles. The second kappa shape index (κ2) is 7.51. The molecule has 3 N–H and O–H groups in total. The topological polar surface area (TPSA) is 78.4 Å². The number of carbonyl (C=O) groups is 2. The molecule has 1 atom stereocenters. The summed E-state index contributed by atoms with van der Waals surface area (Å²) in [5, 5.41) is 14.0. The molecule has 1 aliphatic heterocycles. The van der Waals surface area contributed by atoms with Crippen molar-refractivity contribution >= 4 is 23.6 Å². The number of aliphatic hydroxyl groups is 1. The number of aliphatic hydroxyl groups excluding tert-OH is 1. The second-order valence-electron chi connectivity index (χ2n) is 3.69. The minimum absolute atomic E-state index is 0.0406. The predicted molar refractivity (Wildman–Crippen MR) is 63.2 cm³/mol. The minimum Gasteiger partial charge on any atom is -0.396 e. The first-order valence-corrected chi connectivity index (χ1v) is 6.62. The van der Waals surface area contributed by atoms with Crippen molar-refractivity contribution in [1.29, 1.82) is 0 Å². The molecule has 92 valence electrons. The molecule has 0 aromatic heterocycles. The van der Waals surface area contributed by atoms with E-state index in [4.69, 9.17) is 5.11 Å².